The van der Waals surface area contributed by atoms with E-state index in [-0.39, 0.29) is 5.91 Å². The molecule has 0 aliphatic carbocycles. The van der Waals surface area contributed by atoms with Crippen LogP contribution in [0.15, 0.2) is 30.5 Å². The van der Waals surface area contributed by atoms with Crippen LogP contribution in [-0.4, -0.2) is 53.8 Å². The molecule has 2 aliphatic rings. The highest BCUT2D eigenvalue weighted by atomic mass is 16.5. The van der Waals surface area contributed by atoms with Crippen molar-refractivity contribution in [2.45, 2.75) is 38.6 Å². The fraction of sp³-hybridized carbons (Fsp3) is 0.545. The second-order valence-electron chi connectivity index (χ2n) is 7.95. The van der Waals surface area contributed by atoms with Gasteiger partial charge in [0.05, 0.1) is 13.5 Å². The molecule has 0 radical (unpaired) electrons. The van der Waals surface area contributed by atoms with Crippen LogP contribution in [0, 0.1) is 12.8 Å². The Labute approximate surface area is 166 Å². The van der Waals surface area contributed by atoms with Crippen molar-refractivity contribution in [1.29, 1.82) is 0 Å². The van der Waals surface area contributed by atoms with Crippen LogP contribution in [0.25, 0.3) is 0 Å². The van der Waals surface area contributed by atoms with E-state index in [2.05, 4.69) is 11.5 Å². The number of hydrogen-bond donors (Lipinski definition) is 0. The van der Waals surface area contributed by atoms with Crippen LogP contribution in [0.3, 0.4) is 0 Å². The summed E-state index contributed by atoms with van der Waals surface area (Å²) in [7, 11) is 1.65. The summed E-state index contributed by atoms with van der Waals surface area (Å²) in [5, 5.41) is 0. The third-order valence-electron chi connectivity index (χ3n) is 5.91. The average Bonchev–Trinajstić information content (AvgIpc) is 3.05. The SMILES string of the molecule is COc1cccc(CC(=O)N2CC(Cn3c(C)cnc3C3CCOCC3)C2)c1. The van der Waals surface area contributed by atoms with Crippen molar-refractivity contribution in [3.63, 3.8) is 0 Å². The summed E-state index contributed by atoms with van der Waals surface area (Å²) < 4.78 is 13.1. The molecule has 150 valence electrons. The summed E-state index contributed by atoms with van der Waals surface area (Å²) in [6, 6.07) is 7.74. The number of methoxy groups -OCH3 is 1. The maximum atomic E-state index is 12.6. The standard InChI is InChI=1S/C22H29N3O3/c1-16-12-23-22(19-6-8-28-9-7-19)25(16)15-18-13-24(14-18)21(26)11-17-4-3-5-20(10-17)27-2/h3-5,10,12,18-19H,6-9,11,13-15H2,1-2H3. The molecule has 6 heteroatoms. The Morgan fingerprint density at radius 1 is 1.29 bits per heavy atom. The van der Waals surface area contributed by atoms with Gasteiger partial charge in [0.15, 0.2) is 0 Å². The second kappa shape index (κ2) is 8.35. The normalized spacial score (nSPS) is 18.1. The van der Waals surface area contributed by atoms with Gasteiger partial charge in [-0.05, 0) is 37.5 Å². The number of rotatable bonds is 6. The first-order valence-electron chi connectivity index (χ1n) is 10.1. The molecule has 3 heterocycles. The topological polar surface area (TPSA) is 56.6 Å². The fourth-order valence-electron chi connectivity index (χ4n) is 4.21. The van der Waals surface area contributed by atoms with E-state index >= 15 is 0 Å². The van der Waals surface area contributed by atoms with Crippen LogP contribution in [0.2, 0.25) is 0 Å². The number of carbonyl (C=O) groups is 1. The van der Waals surface area contributed by atoms with Crippen LogP contribution in [0.1, 0.15) is 35.8 Å². The zero-order valence-corrected chi connectivity index (χ0v) is 16.8. The number of benzene rings is 1. The number of nitrogens with zero attached hydrogens (tertiary/aromatic N) is 3. The number of amides is 1. The van der Waals surface area contributed by atoms with Crippen molar-refractivity contribution in [1.82, 2.24) is 14.5 Å². The molecular weight excluding hydrogens is 354 g/mol. The number of aromatic nitrogens is 2. The van der Waals surface area contributed by atoms with Crippen molar-refractivity contribution in [2.24, 2.45) is 5.92 Å². The maximum Gasteiger partial charge on any atom is 0.227 e. The Morgan fingerprint density at radius 3 is 2.82 bits per heavy atom. The Bertz CT molecular complexity index is 820. The quantitative estimate of drug-likeness (QED) is 0.770. The van der Waals surface area contributed by atoms with Gasteiger partial charge in [0, 0.05) is 56.6 Å². The van der Waals surface area contributed by atoms with Gasteiger partial charge in [-0.15, -0.1) is 0 Å². The van der Waals surface area contributed by atoms with Crippen molar-refractivity contribution in [3.05, 3.63) is 47.5 Å². The minimum atomic E-state index is 0.191. The highest BCUT2D eigenvalue weighted by Gasteiger charge is 2.32. The van der Waals surface area contributed by atoms with Crippen LogP contribution in [-0.2, 0) is 22.5 Å². The minimum Gasteiger partial charge on any atom is -0.497 e. The largest absolute Gasteiger partial charge is 0.497 e. The van der Waals surface area contributed by atoms with Crippen LogP contribution in [0.5, 0.6) is 5.75 Å². The first kappa shape index (κ1) is 19.0. The molecule has 0 N–H and O–H groups in total. The van der Waals surface area contributed by atoms with Gasteiger partial charge in [0.25, 0.3) is 0 Å². The summed E-state index contributed by atoms with van der Waals surface area (Å²) in [6.07, 6.45) is 4.51. The van der Waals surface area contributed by atoms with Gasteiger partial charge in [-0.2, -0.15) is 0 Å². The van der Waals surface area contributed by atoms with E-state index in [0.29, 0.717) is 18.3 Å². The van der Waals surface area contributed by atoms with Crippen molar-refractivity contribution < 1.29 is 14.3 Å². The molecule has 0 spiro atoms. The van der Waals surface area contributed by atoms with Gasteiger partial charge in [0.2, 0.25) is 5.91 Å². The van der Waals surface area contributed by atoms with Gasteiger partial charge in [-0.3, -0.25) is 4.79 Å². The lowest BCUT2D eigenvalue weighted by atomic mass is 9.96. The van der Waals surface area contributed by atoms with Gasteiger partial charge in [0.1, 0.15) is 11.6 Å². The van der Waals surface area contributed by atoms with Crippen molar-refractivity contribution in [2.75, 3.05) is 33.4 Å². The molecule has 2 fully saturated rings. The molecule has 4 rings (SSSR count). The van der Waals surface area contributed by atoms with E-state index < -0.39 is 0 Å². The fourth-order valence-corrected chi connectivity index (χ4v) is 4.21. The van der Waals surface area contributed by atoms with Crippen LogP contribution in [0.4, 0.5) is 0 Å². The number of carbonyl (C=O) groups excluding carboxylic acids is 1. The van der Waals surface area contributed by atoms with E-state index in [4.69, 9.17) is 14.5 Å². The van der Waals surface area contributed by atoms with Crippen LogP contribution >= 0.6 is 0 Å². The molecule has 1 aromatic heterocycles. The van der Waals surface area contributed by atoms with E-state index in [1.807, 2.05) is 35.4 Å². The van der Waals surface area contributed by atoms with Gasteiger partial charge < -0.3 is 18.9 Å². The Morgan fingerprint density at radius 2 is 2.07 bits per heavy atom. The lowest BCUT2D eigenvalue weighted by molar-refractivity contribution is -0.137. The monoisotopic (exact) mass is 383 g/mol. The Kier molecular flexibility index (Phi) is 5.67. The zero-order chi connectivity index (χ0) is 19.5. The summed E-state index contributed by atoms with van der Waals surface area (Å²) >= 11 is 0. The first-order chi connectivity index (χ1) is 13.6. The van der Waals surface area contributed by atoms with E-state index in [9.17, 15) is 4.79 Å². The van der Waals surface area contributed by atoms with Crippen molar-refractivity contribution in [3.8, 4) is 5.75 Å². The second-order valence-corrected chi connectivity index (χ2v) is 7.95. The van der Waals surface area contributed by atoms with E-state index in [1.54, 1.807) is 7.11 Å². The smallest absolute Gasteiger partial charge is 0.227 e. The lowest BCUT2D eigenvalue weighted by Gasteiger charge is -2.40. The number of aryl methyl sites for hydroxylation is 1. The number of likely N-dealkylation sites (tertiary alicyclic amines) is 1. The third kappa shape index (κ3) is 4.07. The summed E-state index contributed by atoms with van der Waals surface area (Å²) in [6.45, 7) is 6.38. The first-order valence-corrected chi connectivity index (χ1v) is 10.1. The summed E-state index contributed by atoms with van der Waals surface area (Å²) in [4.78, 5) is 19.2. The molecule has 0 saturated carbocycles. The molecule has 0 atom stereocenters. The Hall–Kier alpha value is -2.34. The molecule has 0 bridgehead atoms. The molecule has 0 unspecified atom stereocenters. The molecule has 2 aromatic rings. The molecule has 28 heavy (non-hydrogen) atoms. The van der Waals surface area contributed by atoms with Gasteiger partial charge >= 0.3 is 0 Å². The minimum absolute atomic E-state index is 0.191. The molecule has 2 aliphatic heterocycles. The molecule has 2 saturated heterocycles. The van der Waals surface area contributed by atoms with Gasteiger partial charge in [-0.1, -0.05) is 12.1 Å². The third-order valence-corrected chi connectivity index (χ3v) is 5.91. The molecule has 1 aromatic carbocycles. The summed E-state index contributed by atoms with van der Waals surface area (Å²) in [5.74, 6) is 3.18. The number of imidazole rings is 1. The number of ether oxygens (including phenoxy) is 2. The highest BCUT2D eigenvalue weighted by molar-refractivity contribution is 5.79. The van der Waals surface area contributed by atoms with Crippen molar-refractivity contribution >= 4 is 5.91 Å². The van der Waals surface area contributed by atoms with E-state index in [0.717, 1.165) is 57.0 Å². The molecular formula is C22H29N3O3. The van der Waals surface area contributed by atoms with Crippen LogP contribution < -0.4 is 4.74 Å². The molecule has 1 amide bonds. The predicted molar refractivity (Wildman–Crippen MR) is 107 cm³/mol. The predicted octanol–water partition coefficient (Wildman–Crippen LogP) is 2.80. The maximum absolute atomic E-state index is 12.6. The lowest BCUT2D eigenvalue weighted by Crippen LogP contribution is -2.52. The Balaban J connectivity index is 1.32. The molecule has 6 nitrogen and oxygen atoms in total. The highest BCUT2D eigenvalue weighted by Crippen LogP contribution is 2.29. The number of hydrogen-bond acceptors (Lipinski definition) is 4. The summed E-state index contributed by atoms with van der Waals surface area (Å²) in [5.41, 5.74) is 2.21. The van der Waals surface area contributed by atoms with E-state index in [1.165, 1.54) is 11.5 Å². The zero-order valence-electron chi connectivity index (χ0n) is 16.8. The average molecular weight is 383 g/mol. The van der Waals surface area contributed by atoms with Gasteiger partial charge in [-0.25, -0.2) is 4.98 Å².